The number of carbonyl (C=O) groups is 1. The maximum atomic E-state index is 11.5. The minimum atomic E-state index is -0.354. The Morgan fingerprint density at radius 2 is 2.25 bits per heavy atom. The van der Waals surface area contributed by atoms with E-state index in [9.17, 15) is 4.79 Å². The van der Waals surface area contributed by atoms with Gasteiger partial charge in [0.1, 0.15) is 5.82 Å². The molecule has 0 saturated heterocycles. The molecular weight excluding hydrogens is 272 g/mol. The largest absolute Gasteiger partial charge is 0.465 e. The molecule has 0 aliphatic rings. The number of ether oxygens (including phenoxy) is 1. The number of hydrogen-bond acceptors (Lipinski definition) is 5. The Morgan fingerprint density at radius 1 is 1.45 bits per heavy atom. The molecule has 0 aromatic carbocycles. The Morgan fingerprint density at radius 3 is 2.90 bits per heavy atom. The summed E-state index contributed by atoms with van der Waals surface area (Å²) in [5.74, 6) is 0.325. The summed E-state index contributed by atoms with van der Waals surface area (Å²) >= 11 is 1.74. The maximum Gasteiger partial charge on any atom is 0.338 e. The third-order valence-electron chi connectivity index (χ3n) is 3.08. The minimum Gasteiger partial charge on any atom is -0.465 e. The van der Waals surface area contributed by atoms with Gasteiger partial charge in [0, 0.05) is 23.0 Å². The van der Waals surface area contributed by atoms with Gasteiger partial charge in [-0.1, -0.05) is 19.9 Å². The van der Waals surface area contributed by atoms with Crippen molar-refractivity contribution in [3.63, 3.8) is 0 Å². The molecule has 0 atom stereocenters. The lowest BCUT2D eigenvalue weighted by Gasteiger charge is -2.24. The molecule has 0 fully saturated rings. The Balaban J connectivity index is 2.06. The number of methoxy groups -OCH3 is 1. The van der Waals surface area contributed by atoms with E-state index in [-0.39, 0.29) is 11.4 Å². The van der Waals surface area contributed by atoms with Crippen molar-refractivity contribution in [2.24, 2.45) is 0 Å². The zero-order valence-corrected chi connectivity index (χ0v) is 12.7. The fourth-order valence-corrected chi connectivity index (χ4v) is 2.69. The van der Waals surface area contributed by atoms with Crippen LogP contribution in [0.3, 0.4) is 0 Å². The highest BCUT2D eigenvalue weighted by Crippen LogP contribution is 2.27. The second-order valence-electron chi connectivity index (χ2n) is 5.14. The van der Waals surface area contributed by atoms with Gasteiger partial charge in [0.25, 0.3) is 0 Å². The predicted octanol–water partition coefficient (Wildman–Crippen LogP) is 3.32. The van der Waals surface area contributed by atoms with Gasteiger partial charge < -0.3 is 10.1 Å². The molecule has 0 radical (unpaired) electrons. The minimum absolute atomic E-state index is 0.0110. The Hall–Kier alpha value is -1.88. The van der Waals surface area contributed by atoms with Crippen LogP contribution in [0.1, 0.15) is 29.1 Å². The summed E-state index contributed by atoms with van der Waals surface area (Å²) < 4.78 is 4.70. The van der Waals surface area contributed by atoms with Crippen LogP contribution in [0.4, 0.5) is 5.82 Å². The van der Waals surface area contributed by atoms with Crippen LogP contribution < -0.4 is 5.32 Å². The third kappa shape index (κ3) is 3.36. The summed E-state index contributed by atoms with van der Waals surface area (Å²) in [5, 5.41) is 5.36. The lowest BCUT2D eigenvalue weighted by Crippen LogP contribution is -2.26. The topological polar surface area (TPSA) is 51.2 Å². The van der Waals surface area contributed by atoms with Crippen LogP contribution in [-0.4, -0.2) is 24.6 Å². The summed E-state index contributed by atoms with van der Waals surface area (Å²) in [6, 6.07) is 7.53. The molecule has 2 rings (SSSR count). The van der Waals surface area contributed by atoms with Gasteiger partial charge >= 0.3 is 5.97 Å². The number of hydrogen-bond donors (Lipinski definition) is 1. The van der Waals surface area contributed by atoms with E-state index < -0.39 is 0 Å². The summed E-state index contributed by atoms with van der Waals surface area (Å²) in [7, 11) is 1.37. The highest BCUT2D eigenvalue weighted by Gasteiger charge is 2.21. The van der Waals surface area contributed by atoms with Crippen LogP contribution in [-0.2, 0) is 10.2 Å². The predicted molar refractivity (Wildman–Crippen MR) is 81.4 cm³/mol. The molecule has 5 heteroatoms. The van der Waals surface area contributed by atoms with E-state index in [0.29, 0.717) is 11.4 Å². The molecule has 106 valence electrons. The van der Waals surface area contributed by atoms with Crippen LogP contribution in [0.25, 0.3) is 0 Å². The first kappa shape index (κ1) is 14.5. The van der Waals surface area contributed by atoms with Crippen LogP contribution in [0.2, 0.25) is 0 Å². The van der Waals surface area contributed by atoms with Crippen molar-refractivity contribution in [2.45, 2.75) is 19.3 Å². The number of rotatable bonds is 5. The van der Waals surface area contributed by atoms with E-state index in [1.54, 1.807) is 29.7 Å². The molecule has 0 saturated carbocycles. The van der Waals surface area contributed by atoms with Gasteiger partial charge in [-0.2, -0.15) is 0 Å². The van der Waals surface area contributed by atoms with E-state index >= 15 is 0 Å². The Kier molecular flexibility index (Phi) is 4.39. The number of esters is 1. The molecule has 2 aromatic heterocycles. The number of anilines is 1. The van der Waals surface area contributed by atoms with E-state index in [2.05, 4.69) is 41.7 Å². The molecule has 20 heavy (non-hydrogen) atoms. The lowest BCUT2D eigenvalue weighted by atomic mass is 9.91. The van der Waals surface area contributed by atoms with Gasteiger partial charge in [-0.3, -0.25) is 0 Å². The Bertz CT molecular complexity index is 579. The van der Waals surface area contributed by atoms with Crippen LogP contribution in [0.15, 0.2) is 35.8 Å². The molecule has 0 aliphatic heterocycles. The van der Waals surface area contributed by atoms with Gasteiger partial charge in [0.05, 0.1) is 12.7 Å². The first-order valence-electron chi connectivity index (χ1n) is 6.35. The molecule has 0 amide bonds. The second-order valence-corrected chi connectivity index (χ2v) is 6.08. The van der Waals surface area contributed by atoms with Gasteiger partial charge in [0.15, 0.2) is 0 Å². The molecule has 1 N–H and O–H groups in total. The summed E-state index contributed by atoms with van der Waals surface area (Å²) in [6.07, 6.45) is 1.60. The number of nitrogens with one attached hydrogen (secondary N) is 1. The van der Waals surface area contributed by atoms with E-state index in [0.717, 1.165) is 6.54 Å². The van der Waals surface area contributed by atoms with Gasteiger partial charge in [-0.05, 0) is 23.6 Å². The van der Waals surface area contributed by atoms with Crippen molar-refractivity contribution in [3.8, 4) is 0 Å². The van der Waals surface area contributed by atoms with E-state index in [1.807, 2.05) is 0 Å². The number of thiophene rings is 1. The van der Waals surface area contributed by atoms with Crippen molar-refractivity contribution < 1.29 is 9.53 Å². The first-order valence-corrected chi connectivity index (χ1v) is 7.23. The molecule has 2 aromatic rings. The molecule has 0 aliphatic carbocycles. The lowest BCUT2D eigenvalue weighted by molar-refractivity contribution is 0.0600. The second kappa shape index (κ2) is 6.05. The average molecular weight is 290 g/mol. The molecular formula is C15H18N2O2S. The first-order chi connectivity index (χ1) is 9.53. The van der Waals surface area contributed by atoms with Gasteiger partial charge in [-0.25, -0.2) is 9.78 Å². The van der Waals surface area contributed by atoms with Crippen molar-refractivity contribution in [1.29, 1.82) is 0 Å². The van der Waals surface area contributed by atoms with Crippen molar-refractivity contribution in [2.75, 3.05) is 19.0 Å². The molecule has 0 bridgehead atoms. The standard InChI is InChI=1S/C15H18N2O2S/c1-15(2,12-5-4-8-20-12)10-17-13-9-11(6-7-16-13)14(18)19-3/h4-9H,10H2,1-3H3,(H,16,17). The van der Waals surface area contributed by atoms with Crippen LogP contribution >= 0.6 is 11.3 Å². The van der Waals surface area contributed by atoms with Crippen molar-refractivity contribution in [1.82, 2.24) is 4.98 Å². The zero-order chi connectivity index (χ0) is 14.6. The number of pyridine rings is 1. The zero-order valence-electron chi connectivity index (χ0n) is 11.8. The van der Waals surface area contributed by atoms with Crippen molar-refractivity contribution in [3.05, 3.63) is 46.3 Å². The van der Waals surface area contributed by atoms with Gasteiger partial charge in [-0.15, -0.1) is 11.3 Å². The average Bonchev–Trinajstić information content (AvgIpc) is 3.00. The molecule has 0 unspecified atom stereocenters. The number of carbonyl (C=O) groups excluding carboxylic acids is 1. The van der Waals surface area contributed by atoms with Crippen molar-refractivity contribution >= 4 is 23.1 Å². The highest BCUT2D eigenvalue weighted by molar-refractivity contribution is 7.10. The summed E-state index contributed by atoms with van der Waals surface area (Å²) in [6.45, 7) is 5.09. The van der Waals surface area contributed by atoms with E-state index in [1.165, 1.54) is 12.0 Å². The maximum absolute atomic E-state index is 11.5. The molecule has 4 nitrogen and oxygen atoms in total. The van der Waals surface area contributed by atoms with E-state index in [4.69, 9.17) is 4.74 Å². The van der Waals surface area contributed by atoms with Crippen LogP contribution in [0, 0.1) is 0 Å². The number of aromatic nitrogens is 1. The summed E-state index contributed by atoms with van der Waals surface area (Å²) in [4.78, 5) is 17.0. The SMILES string of the molecule is COC(=O)c1ccnc(NCC(C)(C)c2cccs2)c1. The Labute approximate surface area is 122 Å². The molecule has 0 spiro atoms. The monoisotopic (exact) mass is 290 g/mol. The highest BCUT2D eigenvalue weighted by atomic mass is 32.1. The number of nitrogens with zero attached hydrogens (tertiary/aromatic N) is 1. The molecule has 2 heterocycles. The smallest absolute Gasteiger partial charge is 0.338 e. The fourth-order valence-electron chi connectivity index (χ4n) is 1.83. The van der Waals surface area contributed by atoms with Gasteiger partial charge in [0.2, 0.25) is 0 Å². The quantitative estimate of drug-likeness (QED) is 0.858. The van der Waals surface area contributed by atoms with Crippen LogP contribution in [0.5, 0.6) is 0 Å². The third-order valence-corrected chi connectivity index (χ3v) is 4.32. The summed E-state index contributed by atoms with van der Waals surface area (Å²) in [5.41, 5.74) is 0.510. The fraction of sp³-hybridized carbons (Fsp3) is 0.333. The normalized spacial score (nSPS) is 11.2.